The third kappa shape index (κ3) is 4.38. The number of anilines is 1. The molecule has 0 spiro atoms. The predicted molar refractivity (Wildman–Crippen MR) is 77.5 cm³/mol. The largest absolute Gasteiger partial charge is 0.394 e. The van der Waals surface area contributed by atoms with E-state index < -0.39 is 12.1 Å². The van der Waals surface area contributed by atoms with E-state index in [1.807, 2.05) is 30.5 Å². The molecule has 0 aromatic heterocycles. The molecule has 1 aromatic carbocycles. The molecule has 0 unspecified atom stereocenters. The maximum Gasteiger partial charge on any atom is 0.394 e. The first-order valence-corrected chi connectivity index (χ1v) is 7.84. The van der Waals surface area contributed by atoms with E-state index in [0.717, 1.165) is 10.6 Å². The van der Waals surface area contributed by atoms with E-state index in [1.165, 1.54) is 11.8 Å². The minimum atomic E-state index is -4.12. The highest BCUT2D eigenvalue weighted by Crippen LogP contribution is 2.33. The number of hydrogen-bond acceptors (Lipinski definition) is 3. The molecule has 1 amide bonds. The molecule has 0 atom stereocenters. The number of thioether (sulfide) groups is 1. The van der Waals surface area contributed by atoms with Crippen molar-refractivity contribution in [3.05, 3.63) is 24.3 Å². The number of alkyl halides is 3. The lowest BCUT2D eigenvalue weighted by molar-refractivity contribution is -0.208. The summed E-state index contributed by atoms with van der Waals surface area (Å²) in [7, 11) is 0. The van der Waals surface area contributed by atoms with Crippen LogP contribution in [0.2, 0.25) is 0 Å². The Morgan fingerprint density at radius 3 is 2.67 bits per heavy atom. The van der Waals surface area contributed by atoms with Gasteiger partial charge in [-0.25, -0.2) is 0 Å². The number of carbonyl (C=O) groups excluding carboxylic acids is 1. The highest BCUT2D eigenvalue weighted by molar-refractivity contribution is 7.98. The van der Waals surface area contributed by atoms with E-state index in [1.54, 1.807) is 4.90 Å². The van der Waals surface area contributed by atoms with E-state index in [-0.39, 0.29) is 25.4 Å². The molecule has 1 N–H and O–H groups in total. The molecule has 116 valence electrons. The number of benzene rings is 1. The van der Waals surface area contributed by atoms with E-state index in [4.69, 9.17) is 0 Å². The summed E-state index contributed by atoms with van der Waals surface area (Å²) in [5, 5.41) is 2.80. The van der Waals surface area contributed by atoms with Crippen LogP contribution in [0, 0.1) is 5.92 Å². The van der Waals surface area contributed by atoms with Gasteiger partial charge < -0.3 is 10.2 Å². The summed E-state index contributed by atoms with van der Waals surface area (Å²) in [6.45, 7) is 0.357. The number of hydrogen-bond donors (Lipinski definition) is 1. The summed E-state index contributed by atoms with van der Waals surface area (Å²) < 4.78 is 37.0. The summed E-state index contributed by atoms with van der Waals surface area (Å²) in [5.41, 5.74) is 0.742. The first-order valence-electron chi connectivity index (χ1n) is 6.62. The van der Waals surface area contributed by atoms with Crippen molar-refractivity contribution >= 4 is 23.4 Å². The summed E-state index contributed by atoms with van der Waals surface area (Å²) in [5.74, 6) is -1.41. The average Bonchev–Trinajstić information content (AvgIpc) is 2.36. The van der Waals surface area contributed by atoms with Gasteiger partial charge in [0, 0.05) is 31.0 Å². The maximum absolute atomic E-state index is 12.3. The second kappa shape index (κ2) is 6.70. The number of rotatable bonds is 5. The summed E-state index contributed by atoms with van der Waals surface area (Å²) in [6, 6.07) is 7.44. The standard InChI is InChI=1S/C14H17F3N2OS/c1-21-12-5-3-2-4-11(12)18-13(20)6-7-19-8-10(9-19)14(15,16)17/h2-5,10H,6-9H2,1H3,(H,18,20). The molecule has 0 aliphatic carbocycles. The number of amides is 1. The Hall–Kier alpha value is -1.21. The average molecular weight is 318 g/mol. The molecule has 1 aliphatic rings. The summed E-state index contributed by atoms with van der Waals surface area (Å²) in [4.78, 5) is 14.5. The van der Waals surface area contributed by atoms with Crippen molar-refractivity contribution in [1.82, 2.24) is 4.90 Å². The highest BCUT2D eigenvalue weighted by Gasteiger charge is 2.46. The first kappa shape index (κ1) is 16.2. The van der Waals surface area contributed by atoms with Crippen molar-refractivity contribution in [1.29, 1.82) is 0 Å². The lowest BCUT2D eigenvalue weighted by atomic mass is 9.99. The van der Waals surface area contributed by atoms with Gasteiger partial charge in [-0.05, 0) is 18.4 Å². The van der Waals surface area contributed by atoms with E-state index in [9.17, 15) is 18.0 Å². The van der Waals surface area contributed by atoms with E-state index >= 15 is 0 Å². The van der Waals surface area contributed by atoms with Gasteiger partial charge in [-0.3, -0.25) is 4.79 Å². The van der Waals surface area contributed by atoms with Crippen molar-refractivity contribution in [3.63, 3.8) is 0 Å². The minimum absolute atomic E-state index is 0.00181. The van der Waals surface area contributed by atoms with Gasteiger partial charge in [0.25, 0.3) is 0 Å². The van der Waals surface area contributed by atoms with Gasteiger partial charge >= 0.3 is 6.18 Å². The van der Waals surface area contributed by atoms with Gasteiger partial charge in [-0.15, -0.1) is 11.8 Å². The molecule has 1 aliphatic heterocycles. The maximum atomic E-state index is 12.3. The van der Waals surface area contributed by atoms with Crippen molar-refractivity contribution in [2.75, 3.05) is 31.2 Å². The van der Waals surface area contributed by atoms with Gasteiger partial charge in [-0.2, -0.15) is 13.2 Å². The van der Waals surface area contributed by atoms with Crippen molar-refractivity contribution in [2.24, 2.45) is 5.92 Å². The zero-order chi connectivity index (χ0) is 15.5. The molecule has 2 rings (SSSR count). The van der Waals surface area contributed by atoms with Gasteiger partial charge in [-0.1, -0.05) is 12.1 Å². The van der Waals surface area contributed by atoms with Crippen LogP contribution in [0.5, 0.6) is 0 Å². The lowest BCUT2D eigenvalue weighted by Gasteiger charge is -2.39. The SMILES string of the molecule is CSc1ccccc1NC(=O)CCN1CC(C(F)(F)F)C1. The monoisotopic (exact) mass is 318 g/mol. The molecular formula is C14H17F3N2OS. The Morgan fingerprint density at radius 2 is 2.05 bits per heavy atom. The molecule has 7 heteroatoms. The van der Waals surface area contributed by atoms with E-state index in [0.29, 0.717) is 6.54 Å². The van der Waals surface area contributed by atoms with Crippen molar-refractivity contribution in [2.45, 2.75) is 17.5 Å². The molecule has 3 nitrogen and oxygen atoms in total. The van der Waals surface area contributed by atoms with Crippen LogP contribution in [0.1, 0.15) is 6.42 Å². The summed E-state index contributed by atoms with van der Waals surface area (Å²) in [6.07, 6.45) is -1.99. The third-order valence-corrected chi connectivity index (χ3v) is 4.25. The molecule has 0 radical (unpaired) electrons. The second-order valence-electron chi connectivity index (χ2n) is 5.00. The molecule has 1 heterocycles. The zero-order valence-corrected chi connectivity index (χ0v) is 12.4. The number of carbonyl (C=O) groups is 1. The number of nitrogens with zero attached hydrogens (tertiary/aromatic N) is 1. The Labute approximate surface area is 125 Å². The molecule has 0 bridgehead atoms. The second-order valence-corrected chi connectivity index (χ2v) is 5.84. The molecule has 0 saturated carbocycles. The van der Waals surface area contributed by atoms with Crippen LogP contribution >= 0.6 is 11.8 Å². The van der Waals surface area contributed by atoms with Crippen molar-refractivity contribution in [3.8, 4) is 0 Å². The fraction of sp³-hybridized carbons (Fsp3) is 0.500. The van der Waals surface area contributed by atoms with Crippen LogP contribution in [0.15, 0.2) is 29.2 Å². The molecular weight excluding hydrogens is 301 g/mol. The smallest absolute Gasteiger partial charge is 0.325 e. The fourth-order valence-corrected chi connectivity index (χ4v) is 2.73. The molecule has 1 aromatic rings. The Morgan fingerprint density at radius 1 is 1.38 bits per heavy atom. The highest BCUT2D eigenvalue weighted by atomic mass is 32.2. The van der Waals surface area contributed by atoms with Crippen molar-refractivity contribution < 1.29 is 18.0 Å². The van der Waals surface area contributed by atoms with Crippen LogP contribution in [-0.2, 0) is 4.79 Å². The van der Waals surface area contributed by atoms with Crippen LogP contribution < -0.4 is 5.32 Å². The van der Waals surface area contributed by atoms with E-state index in [2.05, 4.69) is 5.32 Å². The molecule has 1 fully saturated rings. The number of para-hydroxylation sites is 1. The first-order chi connectivity index (χ1) is 9.90. The normalized spacial score (nSPS) is 16.6. The number of halogens is 3. The minimum Gasteiger partial charge on any atom is -0.325 e. The van der Waals surface area contributed by atoms with Gasteiger partial charge in [0.05, 0.1) is 11.6 Å². The van der Waals surface area contributed by atoms with Gasteiger partial charge in [0.1, 0.15) is 0 Å². The summed E-state index contributed by atoms with van der Waals surface area (Å²) >= 11 is 1.53. The third-order valence-electron chi connectivity index (χ3n) is 3.46. The topological polar surface area (TPSA) is 32.3 Å². The van der Waals surface area contributed by atoms with Crippen LogP contribution in [-0.4, -0.2) is 42.9 Å². The van der Waals surface area contributed by atoms with Gasteiger partial charge in [0.2, 0.25) is 5.91 Å². The fourth-order valence-electron chi connectivity index (χ4n) is 2.18. The lowest BCUT2D eigenvalue weighted by Crippen LogP contribution is -2.53. The Bertz CT molecular complexity index is 501. The Kier molecular flexibility index (Phi) is 5.16. The molecule has 21 heavy (non-hydrogen) atoms. The molecule has 1 saturated heterocycles. The predicted octanol–water partition coefficient (Wildman–Crippen LogP) is 3.23. The van der Waals surface area contributed by atoms with Gasteiger partial charge in [0.15, 0.2) is 0 Å². The Balaban J connectivity index is 1.74. The van der Waals surface area contributed by atoms with Crippen LogP contribution in [0.3, 0.4) is 0 Å². The van der Waals surface area contributed by atoms with Crippen LogP contribution in [0.4, 0.5) is 18.9 Å². The number of nitrogens with one attached hydrogen (secondary N) is 1. The van der Waals surface area contributed by atoms with Crippen LogP contribution in [0.25, 0.3) is 0 Å². The quantitative estimate of drug-likeness (QED) is 0.846. The zero-order valence-electron chi connectivity index (χ0n) is 11.6. The number of likely N-dealkylation sites (tertiary alicyclic amines) is 1.